The van der Waals surface area contributed by atoms with Gasteiger partial charge in [-0.25, -0.2) is 8.42 Å². The van der Waals surface area contributed by atoms with Crippen LogP contribution in [0.2, 0.25) is 0 Å². The second-order valence-electron chi connectivity index (χ2n) is 6.54. The van der Waals surface area contributed by atoms with E-state index in [0.29, 0.717) is 23.7 Å². The monoisotopic (exact) mass is 448 g/mol. The van der Waals surface area contributed by atoms with Crippen molar-refractivity contribution in [3.05, 3.63) is 48.0 Å². The molecule has 11 heteroatoms. The topological polar surface area (TPSA) is 143 Å². The van der Waals surface area contributed by atoms with Gasteiger partial charge < -0.3 is 20.7 Å². The molecule has 2 rings (SSSR count). The van der Waals surface area contributed by atoms with Crippen LogP contribution in [0.15, 0.2) is 42.5 Å². The van der Waals surface area contributed by atoms with E-state index < -0.39 is 15.9 Å². The Morgan fingerprint density at radius 1 is 0.968 bits per heavy atom. The first-order chi connectivity index (χ1) is 14.6. The fourth-order valence-corrected chi connectivity index (χ4v) is 3.11. The summed E-state index contributed by atoms with van der Waals surface area (Å²) >= 11 is 0. The van der Waals surface area contributed by atoms with Gasteiger partial charge in [-0.3, -0.25) is 19.1 Å². The number of anilines is 3. The predicted molar refractivity (Wildman–Crippen MR) is 118 cm³/mol. The van der Waals surface area contributed by atoms with Crippen LogP contribution in [0.3, 0.4) is 0 Å². The van der Waals surface area contributed by atoms with Crippen molar-refractivity contribution in [1.82, 2.24) is 5.32 Å². The largest absolute Gasteiger partial charge is 0.484 e. The molecule has 0 saturated carbocycles. The lowest BCUT2D eigenvalue weighted by Crippen LogP contribution is -2.28. The summed E-state index contributed by atoms with van der Waals surface area (Å²) in [5.41, 5.74) is 0.848. The number of rotatable bonds is 9. The number of hydrogen-bond acceptors (Lipinski definition) is 6. The summed E-state index contributed by atoms with van der Waals surface area (Å²) in [7, 11) is -3.63. The van der Waals surface area contributed by atoms with Crippen molar-refractivity contribution in [2.75, 3.05) is 34.8 Å². The van der Waals surface area contributed by atoms with E-state index in [1.807, 2.05) is 0 Å². The highest BCUT2D eigenvalue weighted by Crippen LogP contribution is 2.24. The molecule has 31 heavy (non-hydrogen) atoms. The molecular weight excluding hydrogens is 424 g/mol. The highest BCUT2D eigenvalue weighted by molar-refractivity contribution is 7.92. The van der Waals surface area contributed by atoms with Crippen LogP contribution in [0, 0.1) is 0 Å². The van der Waals surface area contributed by atoms with Gasteiger partial charge in [0, 0.05) is 24.8 Å². The van der Waals surface area contributed by atoms with Gasteiger partial charge in [0.05, 0.1) is 17.5 Å². The SMILES string of the molecule is CCNC(=O)COc1ccc(NC(=O)c2cc(NC(C)=O)ccc2NS(C)(=O)=O)cc1. The van der Waals surface area contributed by atoms with Crippen molar-refractivity contribution >= 4 is 44.8 Å². The molecule has 0 atom stereocenters. The van der Waals surface area contributed by atoms with Gasteiger partial charge >= 0.3 is 0 Å². The van der Waals surface area contributed by atoms with Gasteiger partial charge in [-0.05, 0) is 49.4 Å². The second-order valence-corrected chi connectivity index (χ2v) is 8.28. The number of carbonyl (C=O) groups excluding carboxylic acids is 3. The minimum atomic E-state index is -3.63. The molecule has 0 bridgehead atoms. The van der Waals surface area contributed by atoms with Gasteiger partial charge in [-0.1, -0.05) is 0 Å². The Labute approximate surface area is 180 Å². The van der Waals surface area contributed by atoms with Crippen molar-refractivity contribution in [3.8, 4) is 5.75 Å². The molecule has 0 aliphatic rings. The lowest BCUT2D eigenvalue weighted by molar-refractivity contribution is -0.123. The molecule has 166 valence electrons. The van der Waals surface area contributed by atoms with Crippen LogP contribution in [0.1, 0.15) is 24.2 Å². The van der Waals surface area contributed by atoms with Crippen LogP contribution < -0.4 is 25.4 Å². The number of sulfonamides is 1. The Hall–Kier alpha value is -3.60. The molecule has 4 N–H and O–H groups in total. The maximum absolute atomic E-state index is 12.8. The smallest absolute Gasteiger partial charge is 0.257 e. The lowest BCUT2D eigenvalue weighted by Gasteiger charge is -2.13. The van der Waals surface area contributed by atoms with Gasteiger partial charge in [0.15, 0.2) is 6.61 Å². The summed E-state index contributed by atoms with van der Waals surface area (Å²) in [5.74, 6) is -0.728. The van der Waals surface area contributed by atoms with E-state index in [-0.39, 0.29) is 29.7 Å². The maximum Gasteiger partial charge on any atom is 0.257 e. The van der Waals surface area contributed by atoms with Crippen molar-refractivity contribution < 1.29 is 27.5 Å². The highest BCUT2D eigenvalue weighted by atomic mass is 32.2. The summed E-state index contributed by atoms with van der Waals surface area (Å²) in [5, 5.41) is 7.82. The van der Waals surface area contributed by atoms with Crippen LogP contribution in [0.4, 0.5) is 17.1 Å². The maximum atomic E-state index is 12.8. The number of amides is 3. The van der Waals surface area contributed by atoms with Crippen LogP contribution >= 0.6 is 0 Å². The standard InChI is InChI=1S/C20H24N4O6S/c1-4-21-19(26)12-30-16-8-5-14(6-9-16)23-20(27)17-11-15(22-13(2)25)7-10-18(17)24-31(3,28)29/h5-11,24H,4,12H2,1-3H3,(H,21,26)(H,22,25)(H,23,27). The van der Waals surface area contributed by atoms with E-state index in [2.05, 4.69) is 20.7 Å². The Kier molecular flexibility index (Phi) is 7.97. The van der Waals surface area contributed by atoms with E-state index in [4.69, 9.17) is 4.74 Å². The third-order valence-electron chi connectivity index (χ3n) is 3.74. The minimum absolute atomic E-state index is 0.0215. The predicted octanol–water partition coefficient (Wildman–Crippen LogP) is 1.78. The van der Waals surface area contributed by atoms with Crippen molar-refractivity contribution in [2.45, 2.75) is 13.8 Å². The Morgan fingerprint density at radius 3 is 2.19 bits per heavy atom. The van der Waals surface area contributed by atoms with Gasteiger partial charge in [0.2, 0.25) is 15.9 Å². The summed E-state index contributed by atoms with van der Waals surface area (Å²) in [6.45, 7) is 3.50. The number of carbonyl (C=O) groups is 3. The van der Waals surface area contributed by atoms with Crippen LogP contribution in [0.25, 0.3) is 0 Å². The molecule has 3 amide bonds. The highest BCUT2D eigenvalue weighted by Gasteiger charge is 2.16. The molecule has 0 unspecified atom stereocenters. The molecular formula is C20H24N4O6S. The zero-order valence-electron chi connectivity index (χ0n) is 17.3. The van der Waals surface area contributed by atoms with E-state index in [1.165, 1.54) is 25.1 Å². The summed E-state index contributed by atoms with van der Waals surface area (Å²) in [6, 6.07) is 10.6. The van der Waals surface area contributed by atoms with Gasteiger partial charge in [0.25, 0.3) is 11.8 Å². The van der Waals surface area contributed by atoms with E-state index in [1.54, 1.807) is 31.2 Å². The number of likely N-dealkylation sites (N-methyl/N-ethyl adjacent to an activating group) is 1. The lowest BCUT2D eigenvalue weighted by atomic mass is 10.1. The van der Waals surface area contributed by atoms with Crippen LogP contribution in [-0.2, 0) is 19.6 Å². The zero-order chi connectivity index (χ0) is 23.0. The Balaban J connectivity index is 2.17. The van der Waals surface area contributed by atoms with Gasteiger partial charge in [-0.15, -0.1) is 0 Å². The first-order valence-corrected chi connectivity index (χ1v) is 11.2. The average molecular weight is 449 g/mol. The number of nitrogens with one attached hydrogen (secondary N) is 4. The van der Waals surface area contributed by atoms with Crippen molar-refractivity contribution in [3.63, 3.8) is 0 Å². The zero-order valence-corrected chi connectivity index (χ0v) is 18.1. The molecule has 0 saturated heterocycles. The molecule has 0 aliphatic heterocycles. The average Bonchev–Trinajstić information content (AvgIpc) is 2.67. The number of ether oxygens (including phenoxy) is 1. The third kappa shape index (κ3) is 7.97. The quantitative estimate of drug-likeness (QED) is 0.461. The molecule has 0 radical (unpaired) electrons. The normalized spacial score (nSPS) is 10.7. The second kappa shape index (κ2) is 10.4. The van der Waals surface area contributed by atoms with Gasteiger partial charge in [-0.2, -0.15) is 0 Å². The van der Waals surface area contributed by atoms with Crippen LogP contribution in [-0.4, -0.2) is 45.5 Å². The third-order valence-corrected chi connectivity index (χ3v) is 4.33. The summed E-state index contributed by atoms with van der Waals surface area (Å²) in [4.78, 5) is 35.5. The molecule has 0 fully saturated rings. The number of benzene rings is 2. The summed E-state index contributed by atoms with van der Waals surface area (Å²) < 4.78 is 30.9. The van der Waals surface area contributed by atoms with Crippen molar-refractivity contribution in [1.29, 1.82) is 0 Å². The Morgan fingerprint density at radius 2 is 1.61 bits per heavy atom. The van der Waals surface area contributed by atoms with Crippen LogP contribution in [0.5, 0.6) is 5.75 Å². The summed E-state index contributed by atoms with van der Waals surface area (Å²) in [6.07, 6.45) is 0.968. The first kappa shape index (κ1) is 23.7. The molecule has 0 spiro atoms. The van der Waals surface area contributed by atoms with Gasteiger partial charge in [0.1, 0.15) is 5.75 Å². The molecule has 0 aromatic heterocycles. The number of hydrogen-bond donors (Lipinski definition) is 4. The first-order valence-electron chi connectivity index (χ1n) is 9.27. The molecule has 2 aromatic rings. The van der Waals surface area contributed by atoms with E-state index >= 15 is 0 Å². The van der Waals surface area contributed by atoms with Crippen molar-refractivity contribution in [2.24, 2.45) is 0 Å². The fourth-order valence-electron chi connectivity index (χ4n) is 2.53. The molecule has 0 aliphatic carbocycles. The fraction of sp³-hybridized carbons (Fsp3) is 0.250. The molecule has 0 heterocycles. The Bertz CT molecular complexity index is 1070. The molecule has 2 aromatic carbocycles. The molecule has 10 nitrogen and oxygen atoms in total. The van der Waals surface area contributed by atoms with E-state index in [9.17, 15) is 22.8 Å². The van der Waals surface area contributed by atoms with E-state index in [0.717, 1.165) is 6.26 Å². The minimum Gasteiger partial charge on any atom is -0.484 e.